The summed E-state index contributed by atoms with van der Waals surface area (Å²) in [6.07, 6.45) is 6.97. The van der Waals surface area contributed by atoms with Crippen molar-refractivity contribution in [1.82, 2.24) is 0 Å². The van der Waals surface area contributed by atoms with Gasteiger partial charge in [0.15, 0.2) is 0 Å². The van der Waals surface area contributed by atoms with Crippen molar-refractivity contribution in [2.24, 2.45) is 0 Å². The fourth-order valence-corrected chi connectivity index (χ4v) is 0.745. The zero-order valence-corrected chi connectivity index (χ0v) is 8.85. The predicted octanol–water partition coefficient (Wildman–Crippen LogP) is 3.67. The van der Waals surface area contributed by atoms with Crippen molar-refractivity contribution < 1.29 is 4.74 Å². The summed E-state index contributed by atoms with van der Waals surface area (Å²) in [5.74, 6) is 0.948. The maximum atomic E-state index is 5.75. The third kappa shape index (κ3) is 4.22. The Kier molecular flexibility index (Phi) is 4.72. The summed E-state index contributed by atoms with van der Waals surface area (Å²) in [5.41, 5.74) is -0.0542. The minimum absolute atomic E-state index is 0.0542. The van der Waals surface area contributed by atoms with Gasteiger partial charge in [-0.15, -0.1) is 0 Å². The highest BCUT2D eigenvalue weighted by atomic mass is 16.5. The molecule has 1 heteroatoms. The molecule has 0 N–H and O–H groups in total. The van der Waals surface area contributed by atoms with E-state index in [9.17, 15) is 0 Å². The second-order valence-electron chi connectivity index (χ2n) is 3.41. The molecule has 12 heavy (non-hydrogen) atoms. The van der Waals surface area contributed by atoms with E-state index < -0.39 is 0 Å². The minimum atomic E-state index is -0.0542. The highest BCUT2D eigenvalue weighted by Gasteiger charge is 2.16. The van der Waals surface area contributed by atoms with Gasteiger partial charge in [-0.3, -0.25) is 0 Å². The first-order valence-electron chi connectivity index (χ1n) is 4.53. The normalized spacial score (nSPS) is 13.9. The number of allylic oxidation sites excluding steroid dienone is 3. The van der Waals surface area contributed by atoms with Gasteiger partial charge in [0.2, 0.25) is 0 Å². The Labute approximate surface area is 76.1 Å². The summed E-state index contributed by atoms with van der Waals surface area (Å²) < 4.78 is 5.75. The second-order valence-corrected chi connectivity index (χ2v) is 3.41. The van der Waals surface area contributed by atoms with Crippen LogP contribution in [-0.2, 0) is 4.74 Å². The summed E-state index contributed by atoms with van der Waals surface area (Å²) in [7, 11) is 0. The fourth-order valence-electron chi connectivity index (χ4n) is 0.745. The average molecular weight is 168 g/mol. The molecule has 70 valence electrons. The van der Waals surface area contributed by atoms with Gasteiger partial charge in [0.05, 0.1) is 0 Å². The van der Waals surface area contributed by atoms with E-state index in [1.165, 1.54) is 0 Å². The zero-order chi connectivity index (χ0) is 9.61. The van der Waals surface area contributed by atoms with Gasteiger partial charge in [-0.25, -0.2) is 0 Å². The number of hydrogen-bond acceptors (Lipinski definition) is 1. The molecule has 0 bridgehead atoms. The third-order valence-corrected chi connectivity index (χ3v) is 1.86. The number of hydrogen-bond donors (Lipinski definition) is 0. The van der Waals surface area contributed by atoms with E-state index in [0.717, 1.165) is 12.2 Å². The Hall–Kier alpha value is -0.720. The lowest BCUT2D eigenvalue weighted by Gasteiger charge is -2.25. The van der Waals surface area contributed by atoms with Gasteiger partial charge in [-0.2, -0.15) is 0 Å². The van der Waals surface area contributed by atoms with Crippen molar-refractivity contribution in [1.29, 1.82) is 0 Å². The van der Waals surface area contributed by atoms with Crippen LogP contribution >= 0.6 is 0 Å². The predicted molar refractivity (Wildman–Crippen MR) is 54.0 cm³/mol. The van der Waals surface area contributed by atoms with Gasteiger partial charge in [-0.05, 0) is 46.3 Å². The standard InChI is InChI=1S/C11H20O/c1-6-9-10(7-2)12-11(4,5)8-3/h6-7,9H,8H2,1-5H3/b9-6-,10-7+. The van der Waals surface area contributed by atoms with Crippen molar-refractivity contribution in [2.75, 3.05) is 0 Å². The summed E-state index contributed by atoms with van der Waals surface area (Å²) in [5, 5.41) is 0. The monoisotopic (exact) mass is 168 g/mol. The second kappa shape index (κ2) is 5.02. The van der Waals surface area contributed by atoms with Crippen LogP contribution in [0.1, 0.15) is 41.0 Å². The van der Waals surface area contributed by atoms with Gasteiger partial charge in [0.25, 0.3) is 0 Å². The molecular formula is C11H20O. The molecule has 0 fully saturated rings. The molecule has 0 aliphatic rings. The molecule has 0 saturated heterocycles. The molecule has 0 saturated carbocycles. The lowest BCUT2D eigenvalue weighted by atomic mass is 10.1. The average Bonchev–Trinajstić information content (AvgIpc) is 2.03. The Bertz CT molecular complexity index is 175. The van der Waals surface area contributed by atoms with E-state index in [4.69, 9.17) is 4.74 Å². The molecule has 0 rings (SSSR count). The Morgan fingerprint density at radius 2 is 1.92 bits per heavy atom. The molecular weight excluding hydrogens is 148 g/mol. The van der Waals surface area contributed by atoms with E-state index in [0.29, 0.717) is 0 Å². The van der Waals surface area contributed by atoms with Crippen LogP contribution in [0.5, 0.6) is 0 Å². The minimum Gasteiger partial charge on any atom is -0.488 e. The van der Waals surface area contributed by atoms with Crippen LogP contribution in [0.15, 0.2) is 24.0 Å². The summed E-state index contributed by atoms with van der Waals surface area (Å²) in [6, 6.07) is 0. The molecule has 0 heterocycles. The van der Waals surface area contributed by atoms with Crippen LogP contribution in [0.2, 0.25) is 0 Å². The fraction of sp³-hybridized carbons (Fsp3) is 0.636. The van der Waals surface area contributed by atoms with Crippen molar-refractivity contribution in [2.45, 2.75) is 46.6 Å². The Balaban J connectivity index is 4.22. The van der Waals surface area contributed by atoms with Crippen LogP contribution in [0, 0.1) is 0 Å². The molecule has 0 aliphatic heterocycles. The summed E-state index contributed by atoms with van der Waals surface area (Å²) in [6.45, 7) is 10.3. The first kappa shape index (κ1) is 11.3. The molecule has 0 radical (unpaired) electrons. The smallest absolute Gasteiger partial charge is 0.115 e. The highest BCUT2D eigenvalue weighted by molar-refractivity contribution is 5.10. The number of rotatable bonds is 4. The SMILES string of the molecule is C/C=C\C(=C/C)OC(C)(C)CC. The molecule has 0 aromatic heterocycles. The highest BCUT2D eigenvalue weighted by Crippen LogP contribution is 2.18. The van der Waals surface area contributed by atoms with E-state index in [1.54, 1.807) is 0 Å². The number of ether oxygens (including phenoxy) is 1. The summed E-state index contributed by atoms with van der Waals surface area (Å²) >= 11 is 0. The van der Waals surface area contributed by atoms with Crippen LogP contribution in [0.3, 0.4) is 0 Å². The topological polar surface area (TPSA) is 9.23 Å². The van der Waals surface area contributed by atoms with Crippen LogP contribution < -0.4 is 0 Å². The molecule has 0 atom stereocenters. The van der Waals surface area contributed by atoms with Crippen molar-refractivity contribution >= 4 is 0 Å². The molecule has 0 unspecified atom stereocenters. The Morgan fingerprint density at radius 3 is 2.25 bits per heavy atom. The van der Waals surface area contributed by atoms with Crippen molar-refractivity contribution in [3.63, 3.8) is 0 Å². The molecule has 0 aromatic rings. The zero-order valence-electron chi connectivity index (χ0n) is 8.85. The first-order chi connectivity index (χ1) is 5.55. The maximum Gasteiger partial charge on any atom is 0.115 e. The molecule has 0 spiro atoms. The van der Waals surface area contributed by atoms with Crippen LogP contribution in [0.4, 0.5) is 0 Å². The van der Waals surface area contributed by atoms with Crippen molar-refractivity contribution in [3.8, 4) is 0 Å². The van der Waals surface area contributed by atoms with E-state index >= 15 is 0 Å². The quantitative estimate of drug-likeness (QED) is 0.459. The first-order valence-corrected chi connectivity index (χ1v) is 4.53. The summed E-state index contributed by atoms with van der Waals surface area (Å²) in [4.78, 5) is 0. The van der Waals surface area contributed by atoms with E-state index in [2.05, 4.69) is 20.8 Å². The van der Waals surface area contributed by atoms with Gasteiger partial charge < -0.3 is 4.74 Å². The van der Waals surface area contributed by atoms with E-state index in [-0.39, 0.29) is 5.60 Å². The van der Waals surface area contributed by atoms with Crippen molar-refractivity contribution in [3.05, 3.63) is 24.0 Å². The largest absolute Gasteiger partial charge is 0.488 e. The van der Waals surface area contributed by atoms with Gasteiger partial charge in [-0.1, -0.05) is 13.0 Å². The van der Waals surface area contributed by atoms with Crippen LogP contribution in [0.25, 0.3) is 0 Å². The van der Waals surface area contributed by atoms with Crippen LogP contribution in [-0.4, -0.2) is 5.60 Å². The molecule has 0 aromatic carbocycles. The van der Waals surface area contributed by atoms with Gasteiger partial charge in [0, 0.05) is 0 Å². The van der Waals surface area contributed by atoms with Gasteiger partial charge >= 0.3 is 0 Å². The maximum absolute atomic E-state index is 5.75. The van der Waals surface area contributed by atoms with E-state index in [1.807, 2.05) is 32.1 Å². The molecule has 0 amide bonds. The van der Waals surface area contributed by atoms with Gasteiger partial charge in [0.1, 0.15) is 11.4 Å². The Morgan fingerprint density at radius 1 is 1.33 bits per heavy atom. The lowest BCUT2D eigenvalue weighted by molar-refractivity contribution is 0.0385. The third-order valence-electron chi connectivity index (χ3n) is 1.86. The lowest BCUT2D eigenvalue weighted by Crippen LogP contribution is -2.22. The molecule has 0 aliphatic carbocycles. The molecule has 1 nitrogen and oxygen atoms in total.